The Morgan fingerprint density at radius 2 is 1.95 bits per heavy atom. The maximum Gasteiger partial charge on any atom is 0.335 e. The highest BCUT2D eigenvalue weighted by Gasteiger charge is 2.11. The van der Waals surface area contributed by atoms with Gasteiger partial charge < -0.3 is 14.6 Å². The number of rotatable bonds is 4. The first-order valence-electron chi connectivity index (χ1n) is 5.84. The Morgan fingerprint density at radius 3 is 2.52 bits per heavy atom. The van der Waals surface area contributed by atoms with Gasteiger partial charge in [0.25, 0.3) is 0 Å². The molecule has 21 heavy (non-hydrogen) atoms. The van der Waals surface area contributed by atoms with Gasteiger partial charge in [0, 0.05) is 0 Å². The lowest BCUT2D eigenvalue weighted by atomic mass is 10.1. The number of nitrogens with zero attached hydrogens (tertiary/aromatic N) is 1. The van der Waals surface area contributed by atoms with Crippen molar-refractivity contribution >= 4 is 21.9 Å². The molecule has 0 unspecified atom stereocenters. The summed E-state index contributed by atoms with van der Waals surface area (Å²) < 4.78 is 11.4. The number of ether oxygens (including phenoxy) is 2. The van der Waals surface area contributed by atoms with Gasteiger partial charge in [0.1, 0.15) is 23.3 Å². The molecule has 0 spiro atoms. The van der Waals surface area contributed by atoms with Crippen LogP contribution in [0.1, 0.15) is 15.9 Å². The van der Waals surface area contributed by atoms with Gasteiger partial charge in [-0.1, -0.05) is 0 Å². The third kappa shape index (κ3) is 3.33. The van der Waals surface area contributed by atoms with E-state index in [0.29, 0.717) is 16.0 Å². The Morgan fingerprint density at radius 1 is 1.24 bits per heavy atom. The lowest BCUT2D eigenvalue weighted by molar-refractivity contribution is 0.0697. The van der Waals surface area contributed by atoms with E-state index in [2.05, 4.69) is 15.9 Å². The van der Waals surface area contributed by atoms with Crippen molar-refractivity contribution in [2.45, 2.75) is 0 Å². The molecule has 6 heteroatoms. The maximum absolute atomic E-state index is 10.9. The summed E-state index contributed by atoms with van der Waals surface area (Å²) in [6, 6.07) is 11.2. The Bertz CT molecular complexity index is 737. The summed E-state index contributed by atoms with van der Waals surface area (Å²) in [5, 5.41) is 18.0. The van der Waals surface area contributed by atoms with Crippen molar-refractivity contribution in [2.24, 2.45) is 0 Å². The van der Waals surface area contributed by atoms with E-state index >= 15 is 0 Å². The molecule has 0 atom stereocenters. The molecule has 106 valence electrons. The fourth-order valence-electron chi connectivity index (χ4n) is 1.65. The molecular formula is C15H10BrNO4. The van der Waals surface area contributed by atoms with Crippen LogP contribution >= 0.6 is 15.9 Å². The van der Waals surface area contributed by atoms with Crippen molar-refractivity contribution in [3.8, 4) is 23.3 Å². The molecule has 2 aromatic rings. The molecular weight excluding hydrogens is 338 g/mol. The Labute approximate surface area is 129 Å². The largest absolute Gasteiger partial charge is 0.497 e. The standard InChI is InChI=1S/C15H10BrNO4/c1-20-11-3-5-14(12(16)7-11)21-13-4-2-9(15(18)19)6-10(13)8-17/h2-7H,1H3,(H,18,19). The Hall–Kier alpha value is -2.52. The van der Waals surface area contributed by atoms with Crippen LogP contribution in [0.15, 0.2) is 40.9 Å². The first kappa shape index (κ1) is 14.9. The first-order chi connectivity index (χ1) is 10.0. The van der Waals surface area contributed by atoms with Crippen molar-refractivity contribution in [3.05, 3.63) is 52.0 Å². The van der Waals surface area contributed by atoms with Crippen LogP contribution in [0.2, 0.25) is 0 Å². The zero-order valence-corrected chi connectivity index (χ0v) is 12.5. The molecule has 0 aliphatic rings. The Balaban J connectivity index is 2.36. The molecule has 0 bridgehead atoms. The molecule has 0 fully saturated rings. The molecule has 0 aromatic heterocycles. The highest BCUT2D eigenvalue weighted by molar-refractivity contribution is 9.10. The molecule has 0 heterocycles. The maximum atomic E-state index is 10.9. The second kappa shape index (κ2) is 6.29. The van der Waals surface area contributed by atoms with E-state index in [4.69, 9.17) is 19.8 Å². The summed E-state index contributed by atoms with van der Waals surface area (Å²) in [6.07, 6.45) is 0. The number of benzene rings is 2. The number of carbonyl (C=O) groups is 1. The molecule has 0 aliphatic carbocycles. The fourth-order valence-corrected chi connectivity index (χ4v) is 2.09. The van der Waals surface area contributed by atoms with Crippen molar-refractivity contribution in [3.63, 3.8) is 0 Å². The zero-order valence-electron chi connectivity index (χ0n) is 11.0. The number of halogens is 1. The summed E-state index contributed by atoms with van der Waals surface area (Å²) in [5.41, 5.74) is 0.185. The molecule has 0 saturated carbocycles. The van der Waals surface area contributed by atoms with Gasteiger partial charge in [-0.05, 0) is 52.3 Å². The molecule has 2 rings (SSSR count). The highest BCUT2D eigenvalue weighted by Crippen LogP contribution is 2.34. The molecule has 0 aliphatic heterocycles. The zero-order chi connectivity index (χ0) is 15.4. The number of carboxylic acids is 1. The third-order valence-corrected chi connectivity index (χ3v) is 3.33. The quantitative estimate of drug-likeness (QED) is 0.909. The number of nitriles is 1. The van der Waals surface area contributed by atoms with Crippen LogP contribution < -0.4 is 9.47 Å². The predicted molar refractivity (Wildman–Crippen MR) is 78.9 cm³/mol. The van der Waals surface area contributed by atoms with E-state index in [1.54, 1.807) is 25.3 Å². The van der Waals surface area contributed by atoms with E-state index in [-0.39, 0.29) is 16.9 Å². The number of carboxylic acid groups (broad SMARTS) is 1. The second-order valence-corrected chi connectivity index (χ2v) is 4.88. The van der Waals surface area contributed by atoms with Crippen LogP contribution in [0.5, 0.6) is 17.2 Å². The molecule has 1 N–H and O–H groups in total. The van der Waals surface area contributed by atoms with Crippen molar-refractivity contribution in [2.75, 3.05) is 7.11 Å². The lowest BCUT2D eigenvalue weighted by Gasteiger charge is -2.10. The summed E-state index contributed by atoms with van der Waals surface area (Å²) in [5.74, 6) is 0.350. The van der Waals surface area contributed by atoms with Crippen molar-refractivity contribution < 1.29 is 19.4 Å². The van der Waals surface area contributed by atoms with Crippen LogP contribution in [0.25, 0.3) is 0 Å². The summed E-state index contributed by atoms with van der Waals surface area (Å²) >= 11 is 3.35. The summed E-state index contributed by atoms with van der Waals surface area (Å²) in [6.45, 7) is 0. The lowest BCUT2D eigenvalue weighted by Crippen LogP contribution is -1.98. The smallest absolute Gasteiger partial charge is 0.335 e. The van der Waals surface area contributed by atoms with Crippen LogP contribution in [0.4, 0.5) is 0 Å². The van der Waals surface area contributed by atoms with Crippen LogP contribution in [-0.2, 0) is 0 Å². The van der Waals surface area contributed by atoms with Gasteiger partial charge in [-0.2, -0.15) is 5.26 Å². The minimum atomic E-state index is -1.09. The van der Waals surface area contributed by atoms with Gasteiger partial charge in [0.05, 0.1) is 22.7 Å². The predicted octanol–water partition coefficient (Wildman–Crippen LogP) is 3.82. The SMILES string of the molecule is COc1ccc(Oc2ccc(C(=O)O)cc2C#N)c(Br)c1. The summed E-state index contributed by atoms with van der Waals surface area (Å²) in [7, 11) is 1.56. The van der Waals surface area contributed by atoms with Gasteiger partial charge in [0.2, 0.25) is 0 Å². The number of methoxy groups -OCH3 is 1. The van der Waals surface area contributed by atoms with Gasteiger partial charge in [-0.25, -0.2) is 4.79 Å². The van der Waals surface area contributed by atoms with Gasteiger partial charge in [-0.3, -0.25) is 0 Å². The summed E-state index contributed by atoms with van der Waals surface area (Å²) in [4.78, 5) is 10.9. The molecule has 0 saturated heterocycles. The van der Waals surface area contributed by atoms with E-state index in [0.717, 1.165) is 0 Å². The number of hydrogen-bond acceptors (Lipinski definition) is 4. The van der Waals surface area contributed by atoms with Gasteiger partial charge in [-0.15, -0.1) is 0 Å². The normalized spacial score (nSPS) is 9.76. The van der Waals surface area contributed by atoms with E-state index in [1.807, 2.05) is 6.07 Å². The number of hydrogen-bond donors (Lipinski definition) is 1. The minimum absolute atomic E-state index is 0.0349. The van der Waals surface area contributed by atoms with E-state index in [9.17, 15) is 4.79 Å². The first-order valence-corrected chi connectivity index (χ1v) is 6.63. The van der Waals surface area contributed by atoms with Crippen molar-refractivity contribution in [1.82, 2.24) is 0 Å². The highest BCUT2D eigenvalue weighted by atomic mass is 79.9. The fraction of sp³-hybridized carbons (Fsp3) is 0.0667. The van der Waals surface area contributed by atoms with Crippen molar-refractivity contribution in [1.29, 1.82) is 5.26 Å². The average Bonchev–Trinajstić information content (AvgIpc) is 2.49. The molecule has 0 amide bonds. The minimum Gasteiger partial charge on any atom is -0.497 e. The van der Waals surface area contributed by atoms with Gasteiger partial charge >= 0.3 is 5.97 Å². The van der Waals surface area contributed by atoms with Crippen LogP contribution in [-0.4, -0.2) is 18.2 Å². The van der Waals surface area contributed by atoms with Crippen LogP contribution in [0, 0.1) is 11.3 Å². The van der Waals surface area contributed by atoms with Gasteiger partial charge in [0.15, 0.2) is 0 Å². The monoisotopic (exact) mass is 347 g/mol. The van der Waals surface area contributed by atoms with Crippen LogP contribution in [0.3, 0.4) is 0 Å². The number of aromatic carboxylic acids is 1. The topological polar surface area (TPSA) is 79.6 Å². The Kier molecular flexibility index (Phi) is 4.45. The third-order valence-electron chi connectivity index (χ3n) is 2.71. The molecule has 0 radical (unpaired) electrons. The van der Waals surface area contributed by atoms with E-state index < -0.39 is 5.97 Å². The molecule has 5 nitrogen and oxygen atoms in total. The second-order valence-electron chi connectivity index (χ2n) is 4.03. The molecule has 2 aromatic carbocycles. The average molecular weight is 348 g/mol. The van der Waals surface area contributed by atoms with E-state index in [1.165, 1.54) is 18.2 Å².